The summed E-state index contributed by atoms with van der Waals surface area (Å²) in [5, 5.41) is 1.41. The molecule has 0 radical (unpaired) electrons. The molecule has 2 nitrogen and oxygen atoms in total. The van der Waals surface area contributed by atoms with Gasteiger partial charge in [0.2, 0.25) is 6.71 Å². The number of benzene rings is 4. The monoisotopic (exact) mass is 943 g/mol. The zero-order chi connectivity index (χ0) is 50.1. The molecule has 5 aliphatic rings. The van der Waals surface area contributed by atoms with Crippen LogP contribution in [0.2, 0.25) is 5.82 Å². The van der Waals surface area contributed by atoms with Gasteiger partial charge < -0.3 is 9.80 Å². The number of anilines is 4. The van der Waals surface area contributed by atoms with Crippen molar-refractivity contribution >= 4 is 51.0 Å². The predicted molar refractivity (Wildman–Crippen MR) is 308 cm³/mol. The van der Waals surface area contributed by atoms with E-state index >= 15 is 0 Å². The Balaban J connectivity index is 1.38. The molecule has 3 heterocycles. The summed E-state index contributed by atoms with van der Waals surface area (Å²) in [7, 11) is 0. The molecule has 2 atom stereocenters. The van der Waals surface area contributed by atoms with Gasteiger partial charge in [-0.3, -0.25) is 0 Å². The fourth-order valence-corrected chi connectivity index (χ4v) is 14.5. The highest BCUT2D eigenvalue weighted by molar-refractivity contribution is 7.19. The molecule has 4 aromatic carbocycles. The molecule has 70 heavy (non-hydrogen) atoms. The first kappa shape index (κ1) is 48.6. The van der Waals surface area contributed by atoms with Gasteiger partial charge in [-0.15, -0.1) is 11.3 Å². The van der Waals surface area contributed by atoms with Gasteiger partial charge in [0.15, 0.2) is 0 Å². The summed E-state index contributed by atoms with van der Waals surface area (Å²) in [6.07, 6.45) is 18.3. The normalized spacial score (nSPS) is 22.0. The van der Waals surface area contributed by atoms with E-state index in [0.717, 1.165) is 12.0 Å². The molecule has 1 fully saturated rings. The number of fused-ring (bicyclic) bond motifs is 7. The Kier molecular flexibility index (Phi) is 11.6. The van der Waals surface area contributed by atoms with Crippen LogP contribution in [0, 0.1) is 16.2 Å². The lowest BCUT2D eigenvalue weighted by molar-refractivity contribution is 0.259. The molecule has 2 aliphatic heterocycles. The summed E-state index contributed by atoms with van der Waals surface area (Å²) in [6.45, 7) is 41.2. The number of hydrogen-bond acceptors (Lipinski definition) is 3. The third-order valence-electron chi connectivity index (χ3n) is 17.6. The molecule has 1 unspecified atom stereocenters. The molecule has 1 aromatic heterocycles. The molecular formula is C66H79BN2S. The van der Waals surface area contributed by atoms with E-state index in [4.69, 9.17) is 0 Å². The topological polar surface area (TPSA) is 6.48 Å². The van der Waals surface area contributed by atoms with Crippen LogP contribution in [-0.4, -0.2) is 12.8 Å². The molecule has 3 aliphatic carbocycles. The number of allylic oxidation sites excluding steroid dienone is 7. The van der Waals surface area contributed by atoms with Crippen LogP contribution >= 0.6 is 11.3 Å². The van der Waals surface area contributed by atoms with Crippen molar-refractivity contribution in [1.82, 2.24) is 0 Å². The number of rotatable bonds is 6. The minimum atomic E-state index is -0.0483. The summed E-state index contributed by atoms with van der Waals surface area (Å²) in [4.78, 5) is 7.16. The lowest BCUT2D eigenvalue weighted by Gasteiger charge is -2.51. The van der Waals surface area contributed by atoms with Gasteiger partial charge in [0, 0.05) is 33.2 Å². The van der Waals surface area contributed by atoms with E-state index in [-0.39, 0.29) is 51.1 Å². The zero-order valence-electron chi connectivity index (χ0n) is 45.3. The minimum Gasteiger partial charge on any atom is -0.335 e. The Morgan fingerprint density at radius 1 is 0.657 bits per heavy atom. The van der Waals surface area contributed by atoms with Crippen molar-refractivity contribution in [1.29, 1.82) is 0 Å². The Hall–Kier alpha value is -5.06. The van der Waals surface area contributed by atoms with Gasteiger partial charge in [-0.2, -0.15) is 0 Å². The maximum Gasteiger partial charge on any atom is 0.224 e. The van der Waals surface area contributed by atoms with E-state index in [9.17, 15) is 0 Å². The van der Waals surface area contributed by atoms with E-state index in [1.165, 1.54) is 86.7 Å². The summed E-state index contributed by atoms with van der Waals surface area (Å²) in [6, 6.07) is 35.1. The van der Waals surface area contributed by atoms with Crippen molar-refractivity contribution in [2.75, 3.05) is 9.80 Å². The zero-order valence-corrected chi connectivity index (χ0v) is 46.1. The van der Waals surface area contributed by atoms with Crippen molar-refractivity contribution < 1.29 is 0 Å². The standard InChI is InChI=1S/C66H79BN2S/c1-17-47(30-28-42(2)61(3,4)5)68-54-38-45(43-24-20-18-21-25-43)39-55-57(54)67(58-56-59(70-60(58)68)66(15,16)37-36-65(56,13)14)51-32-31-49-50(64(11,12)35-34-63(49,9)10)41-53(51)69(55)52-33-29-46(62(6,7)8)40-48(52)44-26-22-19-23-27-44/h17-31,33,38-41,51,53H,2,32,34-37H2,1,3-16H3/b30-28-,47-17+/t51-,53?/m0/s1. The lowest BCUT2D eigenvalue weighted by atomic mass is 9.28. The van der Waals surface area contributed by atoms with Gasteiger partial charge in [-0.05, 0) is 163 Å². The molecule has 0 saturated heterocycles. The van der Waals surface area contributed by atoms with Crippen LogP contribution in [0.25, 0.3) is 22.3 Å². The van der Waals surface area contributed by atoms with Gasteiger partial charge in [0.1, 0.15) is 0 Å². The fraction of sp³-hybridized carbons (Fsp3) is 0.424. The maximum absolute atomic E-state index is 4.61. The Bertz CT molecular complexity index is 3020. The average Bonchev–Trinajstić information content (AvgIpc) is 3.61. The smallest absolute Gasteiger partial charge is 0.224 e. The molecule has 5 aromatic rings. The highest BCUT2D eigenvalue weighted by Gasteiger charge is 2.56. The van der Waals surface area contributed by atoms with Crippen LogP contribution in [0.5, 0.6) is 0 Å². The molecule has 0 spiro atoms. The number of nitrogens with zero attached hydrogens (tertiary/aromatic N) is 2. The van der Waals surface area contributed by atoms with Gasteiger partial charge in [0.25, 0.3) is 0 Å². The van der Waals surface area contributed by atoms with Crippen LogP contribution in [-0.2, 0) is 16.2 Å². The highest BCUT2D eigenvalue weighted by atomic mass is 32.1. The Morgan fingerprint density at radius 3 is 1.89 bits per heavy atom. The first-order valence-electron chi connectivity index (χ1n) is 26.5. The summed E-state index contributed by atoms with van der Waals surface area (Å²) in [5.74, 6) is 0.266. The van der Waals surface area contributed by atoms with Crippen molar-refractivity contribution in [3.63, 3.8) is 0 Å². The second kappa shape index (κ2) is 16.8. The SMILES string of the molecule is C=C(/C=C\C(=C/C)N1c2cc(-c3ccccc3)cc3c2B(c2c1sc1c2C(C)(C)CCC1(C)C)[C@H]1CC=C2C(=CC1N3c1ccc(C(C)(C)C)cc1-c1ccccc1)C(C)(C)CCC2(C)C)C(C)(C)C. The molecule has 0 N–H and O–H groups in total. The first-order valence-corrected chi connectivity index (χ1v) is 27.3. The van der Waals surface area contributed by atoms with Crippen molar-refractivity contribution in [3.8, 4) is 22.3 Å². The molecular weight excluding hydrogens is 864 g/mol. The minimum absolute atomic E-state index is 0.0181. The average molecular weight is 943 g/mol. The fourth-order valence-electron chi connectivity index (χ4n) is 12.8. The Morgan fingerprint density at radius 2 is 1.26 bits per heavy atom. The lowest BCUT2D eigenvalue weighted by Crippen LogP contribution is -2.63. The van der Waals surface area contributed by atoms with Crippen molar-refractivity contribution in [2.45, 2.75) is 164 Å². The number of thiophene rings is 1. The summed E-state index contributed by atoms with van der Waals surface area (Å²) >= 11 is 2.10. The first-order chi connectivity index (χ1) is 32.8. The molecule has 0 bridgehead atoms. The van der Waals surface area contributed by atoms with E-state index in [0.29, 0.717) is 0 Å². The van der Waals surface area contributed by atoms with Gasteiger partial charge in [-0.25, -0.2) is 0 Å². The summed E-state index contributed by atoms with van der Waals surface area (Å²) < 4.78 is 0. The van der Waals surface area contributed by atoms with E-state index in [1.54, 1.807) is 27.0 Å². The molecule has 0 amide bonds. The summed E-state index contributed by atoms with van der Waals surface area (Å²) in [5.41, 5.74) is 20.6. The van der Waals surface area contributed by atoms with E-state index < -0.39 is 0 Å². The molecule has 362 valence electrons. The van der Waals surface area contributed by atoms with Crippen molar-refractivity contribution in [2.24, 2.45) is 16.2 Å². The van der Waals surface area contributed by atoms with Gasteiger partial charge in [-0.1, -0.05) is 195 Å². The van der Waals surface area contributed by atoms with E-state index in [1.807, 2.05) is 0 Å². The van der Waals surface area contributed by atoms with Crippen LogP contribution in [0.3, 0.4) is 0 Å². The van der Waals surface area contributed by atoms with Gasteiger partial charge in [0.05, 0.1) is 11.0 Å². The molecule has 10 rings (SSSR count). The van der Waals surface area contributed by atoms with E-state index in [2.05, 4.69) is 253 Å². The molecule has 4 heteroatoms. The highest BCUT2D eigenvalue weighted by Crippen LogP contribution is 2.60. The van der Waals surface area contributed by atoms with Crippen LogP contribution in [0.15, 0.2) is 150 Å². The van der Waals surface area contributed by atoms with Crippen LogP contribution in [0.1, 0.15) is 152 Å². The third-order valence-corrected chi connectivity index (χ3v) is 19.1. The second-order valence-corrected chi connectivity index (χ2v) is 27.3. The number of hydrogen-bond donors (Lipinski definition) is 0. The Labute approximate surface area is 427 Å². The largest absolute Gasteiger partial charge is 0.335 e. The molecule has 1 saturated carbocycles. The predicted octanol–water partition coefficient (Wildman–Crippen LogP) is 17.8. The van der Waals surface area contributed by atoms with Gasteiger partial charge >= 0.3 is 0 Å². The second-order valence-electron chi connectivity index (χ2n) is 26.3. The third kappa shape index (κ3) is 7.98. The van der Waals surface area contributed by atoms with Crippen LogP contribution < -0.4 is 20.7 Å². The quantitative estimate of drug-likeness (QED) is 0.124. The van der Waals surface area contributed by atoms with Crippen LogP contribution in [0.4, 0.5) is 22.1 Å². The maximum atomic E-state index is 4.61. The van der Waals surface area contributed by atoms with Crippen molar-refractivity contribution in [3.05, 3.63) is 166 Å².